The summed E-state index contributed by atoms with van der Waals surface area (Å²) >= 11 is 0. The molecule has 0 aliphatic carbocycles. The average Bonchev–Trinajstić information content (AvgIpc) is 2.29. The van der Waals surface area contributed by atoms with Gasteiger partial charge in [-0.1, -0.05) is 13.8 Å². The monoisotopic (exact) mass is 183 g/mol. The van der Waals surface area contributed by atoms with Gasteiger partial charge in [0.05, 0.1) is 6.61 Å². The molecule has 2 N–H and O–H groups in total. The lowest BCUT2D eigenvalue weighted by molar-refractivity contribution is 0.263. The molecule has 0 aliphatic rings. The number of hydrogen-bond donors (Lipinski definition) is 1. The molecule has 1 aromatic heterocycles. The predicted octanol–water partition coefficient (Wildman–Crippen LogP) is 1.35. The molecule has 1 rings (SSSR count). The Labute approximate surface area is 78.7 Å². The number of nitrogens with two attached hydrogens (primary N) is 1. The molecule has 0 fully saturated rings. The Bertz CT molecular complexity index is 291. The number of imidazole rings is 1. The van der Waals surface area contributed by atoms with Crippen molar-refractivity contribution in [1.29, 1.82) is 0 Å². The summed E-state index contributed by atoms with van der Waals surface area (Å²) in [4.78, 5) is 4.20. The lowest BCUT2D eigenvalue weighted by atomic mass is 10.2. The Morgan fingerprint density at radius 3 is 2.54 bits per heavy atom. The molecule has 0 radical (unpaired) electrons. The fraction of sp³-hybridized carbons (Fsp3) is 0.667. The molecule has 13 heavy (non-hydrogen) atoms. The minimum absolute atomic E-state index is 0.488. The van der Waals surface area contributed by atoms with E-state index < -0.39 is 0 Å². The van der Waals surface area contributed by atoms with Gasteiger partial charge in [0.2, 0.25) is 0 Å². The Kier molecular flexibility index (Phi) is 2.80. The minimum Gasteiger partial charge on any atom is -0.475 e. The van der Waals surface area contributed by atoms with Gasteiger partial charge in [0.25, 0.3) is 5.88 Å². The zero-order valence-electron chi connectivity index (χ0n) is 8.66. The molecule has 0 amide bonds. The number of ether oxygens (including phenoxy) is 1. The van der Waals surface area contributed by atoms with Crippen LogP contribution in [-0.4, -0.2) is 16.2 Å². The first kappa shape index (κ1) is 9.89. The van der Waals surface area contributed by atoms with E-state index in [1.807, 2.05) is 18.5 Å². The zero-order valence-corrected chi connectivity index (χ0v) is 8.66. The van der Waals surface area contributed by atoms with E-state index in [1.165, 1.54) is 0 Å². The highest BCUT2D eigenvalue weighted by atomic mass is 16.5. The Balaban J connectivity index is 2.72. The van der Waals surface area contributed by atoms with E-state index in [0.717, 1.165) is 5.82 Å². The van der Waals surface area contributed by atoms with Gasteiger partial charge >= 0.3 is 0 Å². The van der Waals surface area contributed by atoms with Crippen molar-refractivity contribution in [2.45, 2.75) is 20.8 Å². The highest BCUT2D eigenvalue weighted by Gasteiger charge is 2.10. The van der Waals surface area contributed by atoms with Crippen LogP contribution in [-0.2, 0) is 7.05 Å². The van der Waals surface area contributed by atoms with E-state index in [-0.39, 0.29) is 0 Å². The number of nitrogen functional groups attached to an aromatic ring is 1. The first-order chi connectivity index (χ1) is 6.02. The standard InChI is InChI=1S/C9H17N3O/c1-6(2)5-13-9-8(10)12(4)7(3)11-9/h6H,5,10H2,1-4H3. The molecule has 0 unspecified atom stereocenters. The van der Waals surface area contributed by atoms with Crippen LogP contribution < -0.4 is 10.5 Å². The van der Waals surface area contributed by atoms with Crippen molar-refractivity contribution in [3.05, 3.63) is 5.82 Å². The van der Waals surface area contributed by atoms with E-state index in [9.17, 15) is 0 Å². The number of rotatable bonds is 3. The highest BCUT2D eigenvalue weighted by Crippen LogP contribution is 2.20. The summed E-state index contributed by atoms with van der Waals surface area (Å²) in [5.74, 6) is 2.50. The first-order valence-corrected chi connectivity index (χ1v) is 4.44. The van der Waals surface area contributed by atoms with Crippen molar-refractivity contribution in [3.63, 3.8) is 0 Å². The molecule has 1 aromatic rings. The fourth-order valence-corrected chi connectivity index (χ4v) is 0.949. The molecular weight excluding hydrogens is 166 g/mol. The van der Waals surface area contributed by atoms with Gasteiger partial charge in [-0.3, -0.25) is 0 Å². The van der Waals surface area contributed by atoms with Gasteiger partial charge in [0.1, 0.15) is 5.82 Å². The van der Waals surface area contributed by atoms with E-state index in [2.05, 4.69) is 18.8 Å². The third-order valence-corrected chi connectivity index (χ3v) is 1.88. The molecule has 0 saturated carbocycles. The van der Waals surface area contributed by atoms with E-state index >= 15 is 0 Å². The third kappa shape index (κ3) is 2.14. The van der Waals surface area contributed by atoms with E-state index in [0.29, 0.717) is 24.2 Å². The molecule has 0 aromatic carbocycles. The first-order valence-electron chi connectivity index (χ1n) is 4.44. The summed E-state index contributed by atoms with van der Waals surface area (Å²) in [6, 6.07) is 0. The third-order valence-electron chi connectivity index (χ3n) is 1.88. The lowest BCUT2D eigenvalue weighted by Gasteiger charge is -2.06. The maximum Gasteiger partial charge on any atom is 0.257 e. The SMILES string of the molecule is Cc1nc(OCC(C)C)c(N)n1C. The average molecular weight is 183 g/mol. The van der Waals surface area contributed by atoms with Gasteiger partial charge in [-0.2, -0.15) is 4.98 Å². The van der Waals surface area contributed by atoms with Crippen LogP contribution in [0.1, 0.15) is 19.7 Å². The maximum atomic E-state index is 5.77. The Morgan fingerprint density at radius 1 is 1.54 bits per heavy atom. The summed E-state index contributed by atoms with van der Waals surface area (Å²) in [6.45, 7) is 6.73. The second-order valence-corrected chi connectivity index (χ2v) is 3.61. The molecular formula is C9H17N3O. The number of aryl methyl sites for hydroxylation is 1. The van der Waals surface area contributed by atoms with Crippen molar-refractivity contribution >= 4 is 5.82 Å². The van der Waals surface area contributed by atoms with Crippen LogP contribution in [0.3, 0.4) is 0 Å². The smallest absolute Gasteiger partial charge is 0.257 e. The second-order valence-electron chi connectivity index (χ2n) is 3.61. The Hall–Kier alpha value is -1.19. The predicted molar refractivity (Wildman–Crippen MR) is 52.7 cm³/mol. The van der Waals surface area contributed by atoms with Gasteiger partial charge in [0, 0.05) is 7.05 Å². The zero-order chi connectivity index (χ0) is 10.0. The molecule has 0 aliphatic heterocycles. The molecule has 0 saturated heterocycles. The lowest BCUT2D eigenvalue weighted by Crippen LogP contribution is -2.06. The highest BCUT2D eigenvalue weighted by molar-refractivity contribution is 5.43. The minimum atomic E-state index is 0.488. The van der Waals surface area contributed by atoms with Crippen molar-refractivity contribution in [2.75, 3.05) is 12.3 Å². The number of aromatic nitrogens is 2. The van der Waals surface area contributed by atoms with Gasteiger partial charge in [0.15, 0.2) is 5.82 Å². The van der Waals surface area contributed by atoms with Crippen LogP contribution in [0, 0.1) is 12.8 Å². The van der Waals surface area contributed by atoms with Crippen molar-refractivity contribution in [1.82, 2.24) is 9.55 Å². The van der Waals surface area contributed by atoms with Crippen LogP contribution in [0.15, 0.2) is 0 Å². The molecule has 1 heterocycles. The summed E-state index contributed by atoms with van der Waals surface area (Å²) in [5.41, 5.74) is 5.77. The molecule has 0 atom stereocenters. The molecule has 74 valence electrons. The number of hydrogen-bond acceptors (Lipinski definition) is 3. The number of nitrogens with zero attached hydrogens (tertiary/aromatic N) is 2. The van der Waals surface area contributed by atoms with Crippen LogP contribution in [0.5, 0.6) is 5.88 Å². The Morgan fingerprint density at radius 2 is 2.15 bits per heavy atom. The van der Waals surface area contributed by atoms with Gasteiger partial charge in [-0.15, -0.1) is 0 Å². The van der Waals surface area contributed by atoms with Crippen molar-refractivity contribution in [3.8, 4) is 5.88 Å². The summed E-state index contributed by atoms with van der Waals surface area (Å²) in [7, 11) is 1.87. The van der Waals surface area contributed by atoms with E-state index in [4.69, 9.17) is 10.5 Å². The quantitative estimate of drug-likeness (QED) is 0.769. The van der Waals surface area contributed by atoms with Crippen LogP contribution >= 0.6 is 0 Å². The maximum absolute atomic E-state index is 5.77. The van der Waals surface area contributed by atoms with Gasteiger partial charge in [-0.05, 0) is 12.8 Å². The largest absolute Gasteiger partial charge is 0.475 e. The fourth-order valence-electron chi connectivity index (χ4n) is 0.949. The van der Waals surface area contributed by atoms with Crippen LogP contribution in [0.4, 0.5) is 5.82 Å². The summed E-state index contributed by atoms with van der Waals surface area (Å²) < 4.78 is 7.26. The molecule has 4 nitrogen and oxygen atoms in total. The van der Waals surface area contributed by atoms with Gasteiger partial charge < -0.3 is 15.0 Å². The summed E-state index contributed by atoms with van der Waals surface area (Å²) in [6.07, 6.45) is 0. The van der Waals surface area contributed by atoms with Gasteiger partial charge in [-0.25, -0.2) is 0 Å². The topological polar surface area (TPSA) is 53.1 Å². The normalized spacial score (nSPS) is 10.8. The van der Waals surface area contributed by atoms with E-state index in [1.54, 1.807) is 0 Å². The van der Waals surface area contributed by atoms with Crippen LogP contribution in [0.2, 0.25) is 0 Å². The summed E-state index contributed by atoms with van der Waals surface area (Å²) in [5, 5.41) is 0. The molecule has 4 heteroatoms. The second kappa shape index (κ2) is 3.68. The van der Waals surface area contributed by atoms with Crippen LogP contribution in [0.25, 0.3) is 0 Å². The van der Waals surface area contributed by atoms with Crippen molar-refractivity contribution < 1.29 is 4.74 Å². The molecule has 0 bridgehead atoms. The van der Waals surface area contributed by atoms with Crippen molar-refractivity contribution in [2.24, 2.45) is 13.0 Å². The molecule has 0 spiro atoms. The number of anilines is 1.